The Morgan fingerprint density at radius 3 is 2.83 bits per heavy atom. The standard InChI is InChI=1S/C20H21N7OS/c1-13-3-17(29-11-13)6-21-20(28)16-8-26(9-16)19-18-4-14(10-27(18)24-12-22-19)15-5-23-25(2)7-15/h3-5,7,10-12,16H,6,8-9H2,1-2H3,(H,21,28). The first kappa shape index (κ1) is 17.9. The number of nitrogens with zero attached hydrogens (tertiary/aromatic N) is 6. The quantitative estimate of drug-likeness (QED) is 0.549. The molecule has 1 aliphatic rings. The van der Waals surface area contributed by atoms with Crippen molar-refractivity contribution in [2.45, 2.75) is 13.5 Å². The van der Waals surface area contributed by atoms with Gasteiger partial charge in [-0.25, -0.2) is 9.50 Å². The van der Waals surface area contributed by atoms with Crippen LogP contribution in [0.15, 0.2) is 42.4 Å². The normalized spacial score (nSPS) is 14.3. The van der Waals surface area contributed by atoms with Gasteiger partial charge in [0, 0.05) is 48.5 Å². The van der Waals surface area contributed by atoms with Gasteiger partial charge in [0.05, 0.1) is 18.7 Å². The summed E-state index contributed by atoms with van der Waals surface area (Å²) in [6.45, 7) is 3.99. The molecular weight excluding hydrogens is 386 g/mol. The molecule has 5 rings (SSSR count). The SMILES string of the molecule is Cc1csc(CNC(=O)C2CN(c3ncnn4cc(-c5cnn(C)c5)cc34)C2)c1. The lowest BCUT2D eigenvalue weighted by Gasteiger charge is -2.39. The number of carbonyl (C=O) groups excluding carboxylic acids is 1. The van der Waals surface area contributed by atoms with Crippen molar-refractivity contribution >= 4 is 28.6 Å². The zero-order valence-corrected chi connectivity index (χ0v) is 17.1. The van der Waals surface area contributed by atoms with E-state index in [1.54, 1.807) is 22.3 Å². The zero-order valence-electron chi connectivity index (χ0n) is 16.2. The molecule has 8 nitrogen and oxygen atoms in total. The Balaban J connectivity index is 1.27. The molecule has 29 heavy (non-hydrogen) atoms. The van der Waals surface area contributed by atoms with E-state index in [0.29, 0.717) is 19.6 Å². The summed E-state index contributed by atoms with van der Waals surface area (Å²) in [5.74, 6) is 0.940. The fourth-order valence-corrected chi connectivity index (χ4v) is 4.42. The van der Waals surface area contributed by atoms with Gasteiger partial charge in [-0.1, -0.05) is 0 Å². The number of hydrogen-bond donors (Lipinski definition) is 1. The molecule has 0 aliphatic carbocycles. The number of anilines is 1. The molecule has 0 aromatic carbocycles. The predicted octanol–water partition coefficient (Wildman–Crippen LogP) is 2.25. The van der Waals surface area contributed by atoms with Crippen molar-refractivity contribution in [3.05, 3.63) is 52.9 Å². The number of rotatable bonds is 5. The van der Waals surface area contributed by atoms with Crippen LogP contribution in [0.5, 0.6) is 0 Å². The van der Waals surface area contributed by atoms with E-state index < -0.39 is 0 Å². The number of carbonyl (C=O) groups is 1. The lowest BCUT2D eigenvalue weighted by Crippen LogP contribution is -2.54. The summed E-state index contributed by atoms with van der Waals surface area (Å²) >= 11 is 1.68. The first-order valence-electron chi connectivity index (χ1n) is 9.46. The van der Waals surface area contributed by atoms with Gasteiger partial charge in [-0.3, -0.25) is 9.48 Å². The molecule has 0 bridgehead atoms. The van der Waals surface area contributed by atoms with Gasteiger partial charge in [0.1, 0.15) is 11.8 Å². The Kier molecular flexibility index (Phi) is 4.31. The van der Waals surface area contributed by atoms with Crippen LogP contribution < -0.4 is 10.2 Å². The molecule has 1 N–H and O–H groups in total. The van der Waals surface area contributed by atoms with E-state index in [-0.39, 0.29) is 11.8 Å². The maximum Gasteiger partial charge on any atom is 0.226 e. The number of thiophene rings is 1. The molecule has 0 spiro atoms. The number of hydrogen-bond acceptors (Lipinski definition) is 6. The summed E-state index contributed by atoms with van der Waals surface area (Å²) in [5.41, 5.74) is 4.24. The Hall–Kier alpha value is -3.20. The van der Waals surface area contributed by atoms with E-state index in [9.17, 15) is 4.79 Å². The van der Waals surface area contributed by atoms with Crippen LogP contribution >= 0.6 is 11.3 Å². The molecule has 0 unspecified atom stereocenters. The first-order chi connectivity index (χ1) is 14.1. The molecule has 5 heterocycles. The van der Waals surface area contributed by atoms with Crippen LogP contribution in [0, 0.1) is 12.8 Å². The van der Waals surface area contributed by atoms with Gasteiger partial charge in [-0.2, -0.15) is 10.2 Å². The highest BCUT2D eigenvalue weighted by Crippen LogP contribution is 2.30. The Bertz CT molecular complexity index is 1180. The predicted molar refractivity (Wildman–Crippen MR) is 112 cm³/mol. The van der Waals surface area contributed by atoms with Crippen LogP contribution in [-0.4, -0.2) is 43.4 Å². The molecule has 1 fully saturated rings. The minimum absolute atomic E-state index is 0.0150. The van der Waals surface area contributed by atoms with Gasteiger partial charge in [0.2, 0.25) is 5.91 Å². The number of nitrogens with one attached hydrogen (secondary N) is 1. The van der Waals surface area contributed by atoms with Crippen molar-refractivity contribution in [1.82, 2.24) is 29.7 Å². The van der Waals surface area contributed by atoms with E-state index in [1.807, 2.05) is 30.2 Å². The fraction of sp³-hybridized carbons (Fsp3) is 0.300. The average molecular weight is 408 g/mol. The van der Waals surface area contributed by atoms with Crippen molar-refractivity contribution in [2.24, 2.45) is 13.0 Å². The molecule has 0 radical (unpaired) electrons. The molecule has 1 aliphatic heterocycles. The average Bonchev–Trinajstić information content (AvgIpc) is 3.38. The van der Waals surface area contributed by atoms with Gasteiger partial charge in [-0.15, -0.1) is 11.3 Å². The fourth-order valence-electron chi connectivity index (χ4n) is 3.61. The minimum atomic E-state index is -0.0150. The highest BCUT2D eigenvalue weighted by atomic mass is 32.1. The van der Waals surface area contributed by atoms with E-state index in [0.717, 1.165) is 22.5 Å². The molecule has 1 saturated heterocycles. The Labute approximate surface area is 171 Å². The molecule has 1 amide bonds. The second-order valence-electron chi connectivity index (χ2n) is 7.45. The zero-order chi connectivity index (χ0) is 20.0. The molecule has 4 aromatic heterocycles. The van der Waals surface area contributed by atoms with Gasteiger partial charge < -0.3 is 10.2 Å². The van der Waals surface area contributed by atoms with Crippen LogP contribution in [-0.2, 0) is 18.4 Å². The number of amides is 1. The summed E-state index contributed by atoms with van der Waals surface area (Å²) in [4.78, 5) is 20.2. The van der Waals surface area contributed by atoms with Crippen molar-refractivity contribution in [3.8, 4) is 11.1 Å². The number of aromatic nitrogens is 5. The maximum absolute atomic E-state index is 12.5. The van der Waals surface area contributed by atoms with Crippen LogP contribution in [0.4, 0.5) is 5.82 Å². The lowest BCUT2D eigenvalue weighted by molar-refractivity contribution is -0.125. The third-order valence-electron chi connectivity index (χ3n) is 5.20. The summed E-state index contributed by atoms with van der Waals surface area (Å²) in [5, 5.41) is 13.7. The van der Waals surface area contributed by atoms with E-state index in [4.69, 9.17) is 0 Å². The molecular formula is C20H21N7OS. The second kappa shape index (κ2) is 7.00. The van der Waals surface area contributed by atoms with E-state index >= 15 is 0 Å². The third kappa shape index (κ3) is 3.38. The van der Waals surface area contributed by atoms with Crippen molar-refractivity contribution in [2.75, 3.05) is 18.0 Å². The highest BCUT2D eigenvalue weighted by molar-refractivity contribution is 7.10. The largest absolute Gasteiger partial charge is 0.353 e. The van der Waals surface area contributed by atoms with Crippen LogP contribution in [0.2, 0.25) is 0 Å². The van der Waals surface area contributed by atoms with Gasteiger partial charge in [0.25, 0.3) is 0 Å². The minimum Gasteiger partial charge on any atom is -0.353 e. The van der Waals surface area contributed by atoms with E-state index in [1.165, 1.54) is 10.4 Å². The maximum atomic E-state index is 12.5. The second-order valence-corrected chi connectivity index (χ2v) is 8.45. The van der Waals surface area contributed by atoms with Crippen LogP contribution in [0.3, 0.4) is 0 Å². The van der Waals surface area contributed by atoms with Crippen molar-refractivity contribution < 1.29 is 4.79 Å². The van der Waals surface area contributed by atoms with Crippen LogP contribution in [0.25, 0.3) is 16.6 Å². The first-order valence-corrected chi connectivity index (χ1v) is 10.3. The number of fused-ring (bicyclic) bond motifs is 1. The molecule has 0 saturated carbocycles. The highest BCUT2D eigenvalue weighted by Gasteiger charge is 2.34. The van der Waals surface area contributed by atoms with Crippen LogP contribution in [0.1, 0.15) is 10.4 Å². The van der Waals surface area contributed by atoms with E-state index in [2.05, 4.69) is 49.8 Å². The van der Waals surface area contributed by atoms with Gasteiger partial charge >= 0.3 is 0 Å². The van der Waals surface area contributed by atoms with Crippen molar-refractivity contribution in [1.29, 1.82) is 0 Å². The Morgan fingerprint density at radius 1 is 1.24 bits per heavy atom. The lowest BCUT2D eigenvalue weighted by atomic mass is 9.99. The number of aryl methyl sites for hydroxylation is 2. The molecule has 148 valence electrons. The third-order valence-corrected chi connectivity index (χ3v) is 6.25. The molecule has 0 atom stereocenters. The van der Waals surface area contributed by atoms with Crippen molar-refractivity contribution in [3.63, 3.8) is 0 Å². The molecule has 4 aromatic rings. The smallest absolute Gasteiger partial charge is 0.226 e. The summed E-state index contributed by atoms with van der Waals surface area (Å²) in [6, 6.07) is 4.18. The topological polar surface area (TPSA) is 80.3 Å². The summed E-state index contributed by atoms with van der Waals surface area (Å²) in [6.07, 6.45) is 7.34. The summed E-state index contributed by atoms with van der Waals surface area (Å²) in [7, 11) is 1.90. The monoisotopic (exact) mass is 407 g/mol. The summed E-state index contributed by atoms with van der Waals surface area (Å²) < 4.78 is 3.61. The van der Waals surface area contributed by atoms with Gasteiger partial charge in [-0.05, 0) is 30.0 Å². The Morgan fingerprint density at radius 2 is 2.10 bits per heavy atom. The van der Waals surface area contributed by atoms with Gasteiger partial charge in [0.15, 0.2) is 5.82 Å². The molecule has 9 heteroatoms.